The summed E-state index contributed by atoms with van der Waals surface area (Å²) in [6.07, 6.45) is 4.43. The van der Waals surface area contributed by atoms with Gasteiger partial charge in [-0.05, 0) is 47.4 Å². The van der Waals surface area contributed by atoms with Crippen molar-refractivity contribution in [3.63, 3.8) is 0 Å². The fraction of sp³-hybridized carbons (Fsp3) is 0.292. The smallest absolute Gasteiger partial charge is 0.266 e. The van der Waals surface area contributed by atoms with Gasteiger partial charge in [-0.1, -0.05) is 50.3 Å². The molecule has 1 aliphatic carbocycles. The number of sulfonamides is 1. The van der Waals surface area contributed by atoms with E-state index in [2.05, 4.69) is 25.6 Å². The second-order valence-corrected chi connectivity index (χ2v) is 9.42. The van der Waals surface area contributed by atoms with Crippen molar-refractivity contribution in [1.29, 1.82) is 0 Å². The SMILES string of the molecule is C=CCN(C(=O)CC1(C)C=C(CC)c2ccccc21)S(=O)(=O)c1ccc(OC)cc1. The van der Waals surface area contributed by atoms with Crippen LogP contribution in [0.1, 0.15) is 37.8 Å². The summed E-state index contributed by atoms with van der Waals surface area (Å²) in [5.41, 5.74) is 2.79. The van der Waals surface area contributed by atoms with Crippen LogP contribution in [0.5, 0.6) is 5.75 Å². The molecule has 0 fully saturated rings. The number of allylic oxidation sites excluding steroid dienone is 2. The van der Waals surface area contributed by atoms with E-state index in [9.17, 15) is 13.2 Å². The normalized spacial score (nSPS) is 17.8. The van der Waals surface area contributed by atoms with Gasteiger partial charge in [-0.3, -0.25) is 4.79 Å². The van der Waals surface area contributed by atoms with Crippen LogP contribution in [-0.2, 0) is 20.2 Å². The van der Waals surface area contributed by atoms with Crippen LogP contribution in [0.15, 0.2) is 72.2 Å². The molecule has 1 amide bonds. The molecule has 0 radical (unpaired) electrons. The van der Waals surface area contributed by atoms with Gasteiger partial charge >= 0.3 is 0 Å². The molecule has 0 aliphatic heterocycles. The Balaban J connectivity index is 1.94. The zero-order valence-electron chi connectivity index (χ0n) is 17.6. The lowest BCUT2D eigenvalue weighted by atomic mass is 9.81. The molecular formula is C24H27NO4S. The predicted molar refractivity (Wildman–Crippen MR) is 119 cm³/mol. The van der Waals surface area contributed by atoms with Gasteiger partial charge < -0.3 is 4.74 Å². The summed E-state index contributed by atoms with van der Waals surface area (Å²) >= 11 is 0. The lowest BCUT2D eigenvalue weighted by Crippen LogP contribution is -2.40. The van der Waals surface area contributed by atoms with Gasteiger partial charge in [-0.2, -0.15) is 0 Å². The molecule has 0 aromatic heterocycles. The minimum atomic E-state index is -4.02. The minimum absolute atomic E-state index is 0.0419. The Morgan fingerprint density at radius 1 is 1.17 bits per heavy atom. The van der Waals surface area contributed by atoms with Crippen molar-refractivity contribution in [3.05, 3.63) is 78.4 Å². The first-order chi connectivity index (χ1) is 14.3. The van der Waals surface area contributed by atoms with E-state index in [1.165, 1.54) is 30.9 Å². The van der Waals surface area contributed by atoms with Crippen LogP contribution in [0.25, 0.3) is 5.57 Å². The third-order valence-corrected chi connectivity index (χ3v) is 7.30. The Kier molecular flexibility index (Phi) is 6.17. The fourth-order valence-corrected chi connectivity index (χ4v) is 5.34. The molecule has 1 unspecified atom stereocenters. The maximum atomic E-state index is 13.3. The average molecular weight is 426 g/mol. The number of ether oxygens (including phenoxy) is 1. The number of nitrogens with zero attached hydrogens (tertiary/aromatic N) is 1. The van der Waals surface area contributed by atoms with Crippen molar-refractivity contribution < 1.29 is 17.9 Å². The number of hydrogen-bond acceptors (Lipinski definition) is 4. The van der Waals surface area contributed by atoms with E-state index in [4.69, 9.17) is 4.74 Å². The minimum Gasteiger partial charge on any atom is -0.497 e. The summed E-state index contributed by atoms with van der Waals surface area (Å²) < 4.78 is 32.4. The molecule has 0 saturated carbocycles. The number of amides is 1. The van der Waals surface area contributed by atoms with Crippen LogP contribution in [-0.4, -0.2) is 32.3 Å². The summed E-state index contributed by atoms with van der Waals surface area (Å²) in [7, 11) is -2.51. The molecule has 5 nitrogen and oxygen atoms in total. The first-order valence-electron chi connectivity index (χ1n) is 9.89. The lowest BCUT2D eigenvalue weighted by Gasteiger charge is -2.28. The van der Waals surface area contributed by atoms with Crippen LogP contribution >= 0.6 is 0 Å². The zero-order chi connectivity index (χ0) is 21.9. The number of fused-ring (bicyclic) bond motifs is 1. The van der Waals surface area contributed by atoms with E-state index >= 15 is 0 Å². The number of hydrogen-bond donors (Lipinski definition) is 0. The number of benzene rings is 2. The molecular weight excluding hydrogens is 398 g/mol. The molecule has 6 heteroatoms. The summed E-state index contributed by atoms with van der Waals surface area (Å²) in [5, 5.41) is 0. The van der Waals surface area contributed by atoms with Gasteiger partial charge in [0.2, 0.25) is 5.91 Å². The molecule has 158 valence electrons. The summed E-state index contributed by atoms with van der Waals surface area (Å²) in [5.74, 6) is 0.0828. The predicted octanol–water partition coefficient (Wildman–Crippen LogP) is 4.55. The molecule has 0 spiro atoms. The molecule has 0 saturated heterocycles. The van der Waals surface area contributed by atoms with Gasteiger partial charge in [0, 0.05) is 11.8 Å². The summed E-state index contributed by atoms with van der Waals surface area (Å²) in [6, 6.07) is 14.0. The highest BCUT2D eigenvalue weighted by Crippen LogP contribution is 2.44. The van der Waals surface area contributed by atoms with E-state index in [-0.39, 0.29) is 17.9 Å². The van der Waals surface area contributed by atoms with E-state index < -0.39 is 21.3 Å². The van der Waals surface area contributed by atoms with Crippen LogP contribution in [0.4, 0.5) is 0 Å². The zero-order valence-corrected chi connectivity index (χ0v) is 18.4. The van der Waals surface area contributed by atoms with Gasteiger partial charge in [0.05, 0.1) is 18.6 Å². The second kappa shape index (κ2) is 8.48. The van der Waals surface area contributed by atoms with Gasteiger partial charge in [-0.25, -0.2) is 12.7 Å². The summed E-state index contributed by atoms with van der Waals surface area (Å²) in [6.45, 7) is 7.61. The number of methoxy groups -OCH3 is 1. The Hall–Kier alpha value is -2.86. The van der Waals surface area contributed by atoms with Crippen molar-refractivity contribution in [2.75, 3.05) is 13.7 Å². The first-order valence-corrected chi connectivity index (χ1v) is 11.3. The molecule has 1 atom stereocenters. The Labute approximate surface area is 178 Å². The fourth-order valence-electron chi connectivity index (χ4n) is 3.97. The molecule has 0 N–H and O–H groups in total. The van der Waals surface area contributed by atoms with Gasteiger partial charge in [0.1, 0.15) is 5.75 Å². The first kappa shape index (κ1) is 21.8. The highest BCUT2D eigenvalue weighted by atomic mass is 32.2. The van der Waals surface area contributed by atoms with Crippen molar-refractivity contribution in [2.24, 2.45) is 0 Å². The number of rotatable bonds is 8. The van der Waals surface area contributed by atoms with Gasteiger partial charge in [-0.15, -0.1) is 6.58 Å². The monoisotopic (exact) mass is 425 g/mol. The average Bonchev–Trinajstić information content (AvgIpc) is 3.03. The van der Waals surface area contributed by atoms with Gasteiger partial charge in [0.15, 0.2) is 0 Å². The maximum Gasteiger partial charge on any atom is 0.266 e. The Bertz CT molecular complexity index is 1090. The quantitative estimate of drug-likeness (QED) is 0.582. The van der Waals surface area contributed by atoms with Crippen LogP contribution in [0.3, 0.4) is 0 Å². The van der Waals surface area contributed by atoms with Crippen LogP contribution < -0.4 is 4.74 Å². The second-order valence-electron chi connectivity index (χ2n) is 7.56. The third-order valence-electron chi connectivity index (χ3n) is 5.50. The molecule has 2 aromatic rings. The van der Waals surface area contributed by atoms with Crippen molar-refractivity contribution >= 4 is 21.5 Å². The molecule has 0 heterocycles. The van der Waals surface area contributed by atoms with E-state index in [1.807, 2.05) is 25.1 Å². The molecule has 3 rings (SSSR count). The molecule has 0 bridgehead atoms. The van der Waals surface area contributed by atoms with E-state index in [0.29, 0.717) is 5.75 Å². The van der Waals surface area contributed by atoms with Crippen LogP contribution in [0.2, 0.25) is 0 Å². The maximum absolute atomic E-state index is 13.3. The lowest BCUT2D eigenvalue weighted by molar-refractivity contribution is -0.127. The van der Waals surface area contributed by atoms with Gasteiger partial charge in [0.25, 0.3) is 10.0 Å². The highest BCUT2D eigenvalue weighted by Gasteiger charge is 2.38. The topological polar surface area (TPSA) is 63.7 Å². The molecule has 1 aliphatic rings. The van der Waals surface area contributed by atoms with Crippen molar-refractivity contribution in [1.82, 2.24) is 4.31 Å². The number of carbonyl (C=O) groups excluding carboxylic acids is 1. The summed E-state index contributed by atoms with van der Waals surface area (Å²) in [4.78, 5) is 13.3. The Morgan fingerprint density at radius 3 is 2.43 bits per heavy atom. The van der Waals surface area contributed by atoms with Crippen molar-refractivity contribution in [3.8, 4) is 5.75 Å². The Morgan fingerprint density at radius 2 is 1.83 bits per heavy atom. The largest absolute Gasteiger partial charge is 0.497 e. The van der Waals surface area contributed by atoms with Crippen LogP contribution in [0, 0.1) is 0 Å². The highest BCUT2D eigenvalue weighted by molar-refractivity contribution is 7.89. The van der Waals surface area contributed by atoms with Crippen molar-refractivity contribution in [2.45, 2.75) is 37.0 Å². The third kappa shape index (κ3) is 3.92. The number of carbonyl (C=O) groups is 1. The standard InChI is InChI=1S/C24H27NO4S/c1-5-15-25(30(27,28)20-13-11-19(29-4)12-14-20)23(26)17-24(3)16-18(6-2)21-9-7-8-10-22(21)24/h5,7-14,16H,1,6,15,17H2,2-4H3. The van der Waals surface area contributed by atoms with E-state index in [0.717, 1.165) is 21.9 Å². The molecule has 30 heavy (non-hydrogen) atoms. The van der Waals surface area contributed by atoms with E-state index in [1.54, 1.807) is 12.1 Å². The molecule has 2 aromatic carbocycles.